The third kappa shape index (κ3) is 3.72. The average Bonchev–Trinajstić information content (AvgIpc) is 2.44. The first-order chi connectivity index (χ1) is 9.28. The highest BCUT2D eigenvalue weighted by Gasteiger charge is 2.31. The smallest absolute Gasteiger partial charge is 0.345 e. The van der Waals surface area contributed by atoms with E-state index in [1.165, 1.54) is 12.1 Å². The van der Waals surface area contributed by atoms with E-state index < -0.39 is 23.2 Å². The normalized spacial score (nSPS) is 12.3. The van der Waals surface area contributed by atoms with Crippen LogP contribution in [0.1, 0.15) is 42.6 Å². The second-order valence-electron chi connectivity index (χ2n) is 4.72. The quantitative estimate of drug-likeness (QED) is 0.875. The predicted molar refractivity (Wildman–Crippen MR) is 71.3 cm³/mol. The van der Waals surface area contributed by atoms with E-state index in [1.54, 1.807) is 0 Å². The third-order valence-electron chi connectivity index (χ3n) is 3.60. The number of halogens is 3. The van der Waals surface area contributed by atoms with Crippen LogP contribution in [0.15, 0.2) is 24.3 Å². The Morgan fingerprint density at radius 1 is 1.15 bits per heavy atom. The van der Waals surface area contributed by atoms with Crippen molar-refractivity contribution in [3.05, 3.63) is 35.4 Å². The fourth-order valence-corrected chi connectivity index (χ4v) is 1.89. The predicted octanol–water partition coefficient (Wildman–Crippen LogP) is 2.95. The van der Waals surface area contributed by atoms with Gasteiger partial charge in [-0.1, -0.05) is 13.8 Å². The number of carbonyl (C=O) groups is 1. The van der Waals surface area contributed by atoms with Gasteiger partial charge in [-0.2, -0.15) is 13.2 Å². The molecule has 1 aromatic rings. The molecule has 1 amide bonds. The summed E-state index contributed by atoms with van der Waals surface area (Å²) in [6.45, 7) is 4.10. The lowest BCUT2D eigenvalue weighted by atomic mass is 9.92. The maximum atomic E-state index is 12.4. The van der Waals surface area contributed by atoms with Crippen LogP contribution in [0.4, 0.5) is 13.2 Å². The number of nitrogens with two attached hydrogens (primary N) is 1. The Morgan fingerprint density at radius 2 is 1.65 bits per heavy atom. The first-order valence-corrected chi connectivity index (χ1v) is 6.48. The topological polar surface area (TPSA) is 55.1 Å². The molecule has 0 spiro atoms. The van der Waals surface area contributed by atoms with Crippen molar-refractivity contribution in [3.63, 3.8) is 0 Å². The minimum atomic E-state index is -4.40. The number of hydrogen-bond acceptors (Lipinski definition) is 2. The van der Waals surface area contributed by atoms with Crippen molar-refractivity contribution >= 4 is 5.91 Å². The monoisotopic (exact) mass is 288 g/mol. The summed E-state index contributed by atoms with van der Waals surface area (Å²) in [5.41, 5.74) is 4.58. The summed E-state index contributed by atoms with van der Waals surface area (Å²) < 4.78 is 37.3. The zero-order valence-electron chi connectivity index (χ0n) is 11.6. The lowest BCUT2D eigenvalue weighted by molar-refractivity contribution is -0.137. The fraction of sp³-hybridized carbons (Fsp3) is 0.500. The molecule has 0 aliphatic rings. The Balaban J connectivity index is 2.88. The van der Waals surface area contributed by atoms with Crippen LogP contribution >= 0.6 is 0 Å². The molecule has 6 heteroatoms. The highest BCUT2D eigenvalue weighted by atomic mass is 19.4. The molecule has 1 rings (SSSR count). The van der Waals surface area contributed by atoms with Crippen molar-refractivity contribution in [1.29, 1.82) is 0 Å². The number of benzene rings is 1. The SMILES string of the molecule is CCC(CC)(CN)NC(=O)c1ccc(C(F)(F)F)cc1. The molecular formula is C14H19F3N2O. The zero-order chi connectivity index (χ0) is 15.4. The van der Waals surface area contributed by atoms with Gasteiger partial charge in [-0.3, -0.25) is 4.79 Å². The van der Waals surface area contributed by atoms with Gasteiger partial charge in [-0.25, -0.2) is 0 Å². The Labute approximate surface area is 116 Å². The maximum absolute atomic E-state index is 12.4. The highest BCUT2D eigenvalue weighted by molar-refractivity contribution is 5.94. The average molecular weight is 288 g/mol. The van der Waals surface area contributed by atoms with Gasteiger partial charge in [0.05, 0.1) is 11.1 Å². The van der Waals surface area contributed by atoms with E-state index >= 15 is 0 Å². The molecule has 1 aromatic carbocycles. The van der Waals surface area contributed by atoms with E-state index in [4.69, 9.17) is 5.73 Å². The fourth-order valence-electron chi connectivity index (χ4n) is 1.89. The molecule has 0 unspecified atom stereocenters. The lowest BCUT2D eigenvalue weighted by Gasteiger charge is -2.31. The van der Waals surface area contributed by atoms with E-state index in [9.17, 15) is 18.0 Å². The first kappa shape index (κ1) is 16.5. The molecule has 0 aliphatic carbocycles. The largest absolute Gasteiger partial charge is 0.416 e. The summed E-state index contributed by atoms with van der Waals surface area (Å²) in [4.78, 5) is 12.1. The van der Waals surface area contributed by atoms with E-state index in [0.717, 1.165) is 12.1 Å². The summed E-state index contributed by atoms with van der Waals surface area (Å²) in [6, 6.07) is 4.14. The van der Waals surface area contributed by atoms with Gasteiger partial charge in [0.15, 0.2) is 0 Å². The van der Waals surface area contributed by atoms with Crippen LogP contribution in [0.5, 0.6) is 0 Å². The van der Waals surface area contributed by atoms with Gasteiger partial charge < -0.3 is 11.1 Å². The van der Waals surface area contributed by atoms with Crippen LogP contribution in [0.2, 0.25) is 0 Å². The molecule has 3 N–H and O–H groups in total. The lowest BCUT2D eigenvalue weighted by Crippen LogP contribution is -2.52. The van der Waals surface area contributed by atoms with Gasteiger partial charge in [-0.05, 0) is 37.1 Å². The molecule has 0 atom stereocenters. The molecule has 0 bridgehead atoms. The molecule has 0 heterocycles. The van der Waals surface area contributed by atoms with Crippen molar-refractivity contribution in [3.8, 4) is 0 Å². The summed E-state index contributed by atoms with van der Waals surface area (Å²) in [5, 5.41) is 2.81. The van der Waals surface area contributed by atoms with Gasteiger partial charge in [0.25, 0.3) is 5.91 Å². The van der Waals surface area contributed by atoms with Crippen molar-refractivity contribution in [1.82, 2.24) is 5.32 Å². The summed E-state index contributed by atoms with van der Waals surface area (Å²) >= 11 is 0. The molecule has 0 fully saturated rings. The second kappa shape index (κ2) is 6.26. The second-order valence-corrected chi connectivity index (χ2v) is 4.72. The zero-order valence-corrected chi connectivity index (χ0v) is 11.6. The minimum Gasteiger partial charge on any atom is -0.345 e. The van der Waals surface area contributed by atoms with E-state index in [2.05, 4.69) is 5.32 Å². The van der Waals surface area contributed by atoms with Crippen LogP contribution in [-0.4, -0.2) is 18.0 Å². The molecule has 0 aliphatic heterocycles. The van der Waals surface area contributed by atoms with Crippen molar-refractivity contribution in [2.45, 2.75) is 38.4 Å². The summed E-state index contributed by atoms with van der Waals surface area (Å²) in [6.07, 6.45) is -3.08. The molecule has 0 aromatic heterocycles. The first-order valence-electron chi connectivity index (χ1n) is 6.48. The van der Waals surface area contributed by atoms with Gasteiger partial charge in [0.2, 0.25) is 0 Å². The Bertz CT molecular complexity index is 442. The molecule has 0 saturated carbocycles. The van der Waals surface area contributed by atoms with Crippen molar-refractivity contribution in [2.75, 3.05) is 6.54 Å². The number of nitrogens with one attached hydrogen (secondary N) is 1. The Hall–Kier alpha value is -1.56. The summed E-state index contributed by atoms with van der Waals surface area (Å²) in [5.74, 6) is -0.409. The molecule has 0 radical (unpaired) electrons. The van der Waals surface area contributed by atoms with Crippen LogP contribution < -0.4 is 11.1 Å². The van der Waals surface area contributed by atoms with Gasteiger partial charge >= 0.3 is 6.18 Å². The number of amides is 1. The summed E-state index contributed by atoms with van der Waals surface area (Å²) in [7, 11) is 0. The standard InChI is InChI=1S/C14H19F3N2O/c1-3-13(4-2,9-18)19-12(20)10-5-7-11(8-6-10)14(15,16)17/h5-8H,3-4,9,18H2,1-2H3,(H,19,20). The maximum Gasteiger partial charge on any atom is 0.416 e. The number of carbonyl (C=O) groups excluding carboxylic acids is 1. The van der Waals surface area contributed by atoms with Gasteiger partial charge in [0.1, 0.15) is 0 Å². The Kier molecular flexibility index (Phi) is 5.16. The molecule has 0 saturated heterocycles. The van der Waals surface area contributed by atoms with Crippen molar-refractivity contribution in [2.24, 2.45) is 5.73 Å². The van der Waals surface area contributed by atoms with E-state index in [0.29, 0.717) is 12.8 Å². The van der Waals surface area contributed by atoms with Gasteiger partial charge in [-0.15, -0.1) is 0 Å². The van der Waals surface area contributed by atoms with Crippen LogP contribution in [0, 0.1) is 0 Å². The number of alkyl halides is 3. The molecule has 112 valence electrons. The van der Waals surface area contributed by atoms with Gasteiger partial charge in [0, 0.05) is 12.1 Å². The van der Waals surface area contributed by atoms with E-state index in [1.807, 2.05) is 13.8 Å². The minimum absolute atomic E-state index is 0.192. The highest BCUT2D eigenvalue weighted by Crippen LogP contribution is 2.29. The molecule has 20 heavy (non-hydrogen) atoms. The molecular weight excluding hydrogens is 269 g/mol. The van der Waals surface area contributed by atoms with Crippen molar-refractivity contribution < 1.29 is 18.0 Å². The van der Waals surface area contributed by atoms with Crippen LogP contribution in [0.25, 0.3) is 0 Å². The Morgan fingerprint density at radius 3 is 2.00 bits per heavy atom. The number of rotatable bonds is 5. The molecule has 3 nitrogen and oxygen atoms in total. The third-order valence-corrected chi connectivity index (χ3v) is 3.60. The number of hydrogen-bond donors (Lipinski definition) is 2. The van der Waals surface area contributed by atoms with Crippen LogP contribution in [-0.2, 0) is 6.18 Å². The van der Waals surface area contributed by atoms with Crippen LogP contribution in [0.3, 0.4) is 0 Å². The van der Waals surface area contributed by atoms with E-state index in [-0.39, 0.29) is 12.1 Å².